The van der Waals surface area contributed by atoms with Crippen molar-refractivity contribution >= 4 is 23.0 Å². The van der Waals surface area contributed by atoms with Crippen LogP contribution >= 0.6 is 11.6 Å². The number of nitrogens with zero attached hydrogens (tertiary/aromatic N) is 1. The van der Waals surface area contributed by atoms with Gasteiger partial charge in [-0.1, -0.05) is 24.6 Å². The number of pyridine rings is 1. The summed E-state index contributed by atoms with van der Waals surface area (Å²) in [6.07, 6.45) is 4.16. The zero-order valence-electron chi connectivity index (χ0n) is 15.4. The molecule has 0 saturated heterocycles. The van der Waals surface area contributed by atoms with E-state index in [9.17, 15) is 4.79 Å². The van der Waals surface area contributed by atoms with Gasteiger partial charge in [-0.15, -0.1) is 0 Å². The van der Waals surface area contributed by atoms with E-state index in [0.717, 1.165) is 17.5 Å². The number of carbonyl (C=O) groups excluding carboxylic acids is 1. The summed E-state index contributed by atoms with van der Waals surface area (Å²) in [7, 11) is 0. The number of Topliss-reactive ketones (excluding diaryl/α,β-unsaturated/α-hetero) is 1. The van der Waals surface area contributed by atoms with Crippen molar-refractivity contribution < 1.29 is 14.3 Å². The largest absolute Gasteiger partial charge is 0.457 e. The van der Waals surface area contributed by atoms with Gasteiger partial charge in [0.05, 0.1) is 6.10 Å². The molecule has 1 aliphatic heterocycles. The van der Waals surface area contributed by atoms with E-state index in [2.05, 4.69) is 11.9 Å². The molecule has 0 N–H and O–H groups in total. The number of halogens is 1. The molecule has 0 aliphatic carbocycles. The maximum atomic E-state index is 12.9. The zero-order chi connectivity index (χ0) is 18.9. The standard InChI is InChI=1S/C21H22ClNO3/c1-5-14-6-7-15(25-16-8-9-23-19(22)12-16)11-17(14)18-10-13(2)26-21(3,4)20(18)24/h6-13H,5H2,1-4H3. The van der Waals surface area contributed by atoms with E-state index in [1.807, 2.05) is 45.0 Å². The van der Waals surface area contributed by atoms with Crippen molar-refractivity contribution in [3.05, 3.63) is 58.9 Å². The molecule has 4 nitrogen and oxygen atoms in total. The fraction of sp³-hybridized carbons (Fsp3) is 0.333. The van der Waals surface area contributed by atoms with Crippen molar-refractivity contribution in [1.82, 2.24) is 4.98 Å². The smallest absolute Gasteiger partial charge is 0.194 e. The average molecular weight is 372 g/mol. The molecule has 1 aliphatic rings. The average Bonchev–Trinajstić information content (AvgIpc) is 2.58. The first kappa shape index (κ1) is 18.6. The quantitative estimate of drug-likeness (QED) is 0.689. The summed E-state index contributed by atoms with van der Waals surface area (Å²) in [6, 6.07) is 9.19. The van der Waals surface area contributed by atoms with Crippen LogP contribution in [-0.4, -0.2) is 22.5 Å². The Hall–Kier alpha value is -2.17. The van der Waals surface area contributed by atoms with E-state index >= 15 is 0 Å². The van der Waals surface area contributed by atoms with Gasteiger partial charge in [-0.2, -0.15) is 0 Å². The number of carbonyl (C=O) groups is 1. The van der Waals surface area contributed by atoms with Crippen LogP contribution < -0.4 is 4.74 Å². The first-order valence-corrected chi connectivity index (χ1v) is 9.05. The van der Waals surface area contributed by atoms with Gasteiger partial charge in [0.25, 0.3) is 0 Å². The maximum Gasteiger partial charge on any atom is 0.194 e. The van der Waals surface area contributed by atoms with Crippen molar-refractivity contribution in [2.75, 3.05) is 0 Å². The maximum absolute atomic E-state index is 12.9. The van der Waals surface area contributed by atoms with E-state index < -0.39 is 5.60 Å². The summed E-state index contributed by atoms with van der Waals surface area (Å²) < 4.78 is 11.7. The Bertz CT molecular complexity index is 873. The van der Waals surface area contributed by atoms with Crippen LogP contribution in [0.1, 0.15) is 38.8 Å². The number of rotatable bonds is 4. The summed E-state index contributed by atoms with van der Waals surface area (Å²) in [5, 5.41) is 0.366. The van der Waals surface area contributed by atoms with Crippen molar-refractivity contribution in [3.8, 4) is 11.5 Å². The Morgan fingerprint density at radius 2 is 1.96 bits per heavy atom. The Kier molecular flexibility index (Phi) is 5.17. The second-order valence-electron chi connectivity index (χ2n) is 6.83. The molecule has 136 valence electrons. The molecule has 1 aromatic carbocycles. The third-order valence-corrected chi connectivity index (χ3v) is 4.57. The van der Waals surface area contributed by atoms with Crippen LogP contribution in [-0.2, 0) is 16.0 Å². The summed E-state index contributed by atoms with van der Waals surface area (Å²) in [6.45, 7) is 7.63. The molecular formula is C21H22ClNO3. The molecule has 0 amide bonds. The lowest BCUT2D eigenvalue weighted by molar-refractivity contribution is -0.139. The highest BCUT2D eigenvalue weighted by molar-refractivity contribution is 6.29. The van der Waals surface area contributed by atoms with Crippen LogP contribution in [0.15, 0.2) is 42.6 Å². The number of benzene rings is 1. The van der Waals surface area contributed by atoms with Gasteiger partial charge in [0, 0.05) is 17.8 Å². The van der Waals surface area contributed by atoms with Crippen LogP contribution in [0, 0.1) is 0 Å². The minimum Gasteiger partial charge on any atom is -0.457 e. The second kappa shape index (κ2) is 7.22. The molecule has 0 saturated carbocycles. The van der Waals surface area contributed by atoms with Gasteiger partial charge in [-0.05, 0) is 62.6 Å². The SMILES string of the molecule is CCc1ccc(Oc2ccnc(Cl)c2)cc1C1=CC(C)OC(C)(C)C1=O. The van der Waals surface area contributed by atoms with Crippen molar-refractivity contribution in [2.45, 2.75) is 45.8 Å². The Morgan fingerprint density at radius 3 is 2.65 bits per heavy atom. The minimum absolute atomic E-state index is 0.0191. The molecule has 0 bridgehead atoms. The second-order valence-corrected chi connectivity index (χ2v) is 7.22. The number of ketones is 1. The van der Waals surface area contributed by atoms with Crippen LogP contribution in [0.25, 0.3) is 5.57 Å². The molecule has 0 spiro atoms. The molecule has 1 unspecified atom stereocenters. The first-order chi connectivity index (χ1) is 12.3. The summed E-state index contributed by atoms with van der Waals surface area (Å²) in [4.78, 5) is 16.9. The fourth-order valence-electron chi connectivity index (χ4n) is 3.16. The Morgan fingerprint density at radius 1 is 1.23 bits per heavy atom. The van der Waals surface area contributed by atoms with Gasteiger partial charge in [0.2, 0.25) is 0 Å². The van der Waals surface area contributed by atoms with Crippen LogP contribution in [0.4, 0.5) is 0 Å². The lowest BCUT2D eigenvalue weighted by atomic mass is 9.85. The molecule has 3 rings (SSSR count). The van der Waals surface area contributed by atoms with E-state index in [-0.39, 0.29) is 11.9 Å². The number of hydrogen-bond donors (Lipinski definition) is 0. The molecular weight excluding hydrogens is 350 g/mol. The molecule has 2 heterocycles. The van der Waals surface area contributed by atoms with Crippen molar-refractivity contribution in [2.24, 2.45) is 0 Å². The predicted molar refractivity (Wildman–Crippen MR) is 103 cm³/mol. The zero-order valence-corrected chi connectivity index (χ0v) is 16.1. The molecule has 26 heavy (non-hydrogen) atoms. The van der Waals surface area contributed by atoms with Crippen LogP contribution in [0.5, 0.6) is 11.5 Å². The fourth-order valence-corrected chi connectivity index (χ4v) is 3.33. The summed E-state index contributed by atoms with van der Waals surface area (Å²) >= 11 is 5.92. The first-order valence-electron chi connectivity index (χ1n) is 8.67. The summed E-state index contributed by atoms with van der Waals surface area (Å²) in [5.74, 6) is 1.22. The lowest BCUT2D eigenvalue weighted by Crippen LogP contribution is -2.41. The third kappa shape index (κ3) is 3.81. The number of aryl methyl sites for hydroxylation is 1. The van der Waals surface area contributed by atoms with E-state index in [1.165, 1.54) is 0 Å². The van der Waals surface area contributed by atoms with Crippen molar-refractivity contribution in [3.63, 3.8) is 0 Å². The minimum atomic E-state index is -0.843. The normalized spacial score (nSPS) is 19.2. The van der Waals surface area contributed by atoms with Gasteiger partial charge < -0.3 is 9.47 Å². The Labute approximate surface area is 158 Å². The van der Waals surface area contributed by atoms with Crippen LogP contribution in [0.2, 0.25) is 5.15 Å². The number of hydrogen-bond acceptors (Lipinski definition) is 4. The highest BCUT2D eigenvalue weighted by Gasteiger charge is 2.37. The third-order valence-electron chi connectivity index (χ3n) is 4.36. The van der Waals surface area contributed by atoms with Gasteiger partial charge >= 0.3 is 0 Å². The number of aromatic nitrogens is 1. The highest BCUT2D eigenvalue weighted by Crippen LogP contribution is 2.35. The monoisotopic (exact) mass is 371 g/mol. The molecule has 0 fully saturated rings. The molecule has 1 aromatic heterocycles. The van der Waals surface area contributed by atoms with Gasteiger partial charge in [0.15, 0.2) is 5.78 Å². The molecule has 0 radical (unpaired) electrons. The van der Waals surface area contributed by atoms with Gasteiger partial charge in [-0.25, -0.2) is 4.98 Å². The van der Waals surface area contributed by atoms with E-state index in [1.54, 1.807) is 18.3 Å². The van der Waals surface area contributed by atoms with Gasteiger partial charge in [-0.3, -0.25) is 4.79 Å². The predicted octanol–water partition coefficient (Wildman–Crippen LogP) is 5.24. The number of ether oxygens (including phenoxy) is 2. The van der Waals surface area contributed by atoms with Crippen LogP contribution in [0.3, 0.4) is 0 Å². The van der Waals surface area contributed by atoms with E-state index in [0.29, 0.717) is 22.2 Å². The topological polar surface area (TPSA) is 48.4 Å². The Balaban J connectivity index is 2.02. The molecule has 5 heteroatoms. The molecule has 2 aromatic rings. The van der Waals surface area contributed by atoms with Crippen molar-refractivity contribution in [1.29, 1.82) is 0 Å². The molecule has 1 atom stereocenters. The van der Waals surface area contributed by atoms with E-state index in [4.69, 9.17) is 21.1 Å². The van der Waals surface area contributed by atoms with Gasteiger partial charge in [0.1, 0.15) is 22.3 Å². The lowest BCUT2D eigenvalue weighted by Gasteiger charge is -2.33. The highest BCUT2D eigenvalue weighted by atomic mass is 35.5. The summed E-state index contributed by atoms with van der Waals surface area (Å²) in [5.41, 5.74) is 1.82.